The van der Waals surface area contributed by atoms with E-state index in [1.165, 1.54) is 5.56 Å². The fraction of sp³-hybridized carbons (Fsp3) is 0.250. The maximum atomic E-state index is 12.8. The topological polar surface area (TPSA) is 77.0 Å². The van der Waals surface area contributed by atoms with Gasteiger partial charge in [0, 0.05) is 25.0 Å². The lowest BCUT2D eigenvalue weighted by Crippen LogP contribution is -2.32. The Bertz CT molecular complexity index is 921. The molecule has 0 saturated carbocycles. The van der Waals surface area contributed by atoms with Gasteiger partial charge in [-0.1, -0.05) is 47.7 Å². The Morgan fingerprint density at radius 3 is 2.69 bits per heavy atom. The van der Waals surface area contributed by atoms with Crippen molar-refractivity contribution in [3.05, 3.63) is 77.6 Å². The number of rotatable bonds is 3. The number of carbonyl (C=O) groups is 1. The number of carbonyl (C=O) groups excluding carboxylic acids is 1. The molecular formula is C20H21N5O. The summed E-state index contributed by atoms with van der Waals surface area (Å²) in [6.07, 6.45) is 1.68. The molecule has 6 nitrogen and oxygen atoms in total. The zero-order valence-corrected chi connectivity index (χ0v) is 14.6. The lowest BCUT2D eigenvalue weighted by Gasteiger charge is -2.15. The first-order chi connectivity index (χ1) is 12.6. The third-order valence-electron chi connectivity index (χ3n) is 4.86. The lowest BCUT2D eigenvalue weighted by molar-refractivity contribution is 0.0783. The van der Waals surface area contributed by atoms with E-state index in [1.807, 2.05) is 49.4 Å². The molecule has 0 bridgehead atoms. The van der Waals surface area contributed by atoms with Crippen LogP contribution in [0.1, 0.15) is 27.5 Å². The molecule has 1 aromatic heterocycles. The Kier molecular flexibility index (Phi) is 4.26. The minimum atomic E-state index is -0.127. The molecule has 1 amide bonds. The molecule has 1 fully saturated rings. The van der Waals surface area contributed by atoms with Crippen LogP contribution in [0.3, 0.4) is 0 Å². The summed E-state index contributed by atoms with van der Waals surface area (Å²) in [7, 11) is 0. The number of amides is 1. The van der Waals surface area contributed by atoms with Gasteiger partial charge in [0.05, 0.1) is 11.9 Å². The minimum Gasteiger partial charge on any atom is -0.335 e. The van der Waals surface area contributed by atoms with Crippen molar-refractivity contribution in [1.82, 2.24) is 19.9 Å². The number of likely N-dealkylation sites (tertiary alicyclic amines) is 1. The number of nitrogens with zero attached hydrogens (tertiary/aromatic N) is 4. The molecule has 2 heterocycles. The van der Waals surface area contributed by atoms with Gasteiger partial charge >= 0.3 is 0 Å². The van der Waals surface area contributed by atoms with Crippen LogP contribution in [0.4, 0.5) is 0 Å². The number of hydrogen-bond donors (Lipinski definition) is 1. The summed E-state index contributed by atoms with van der Waals surface area (Å²) in [5, 5.41) is 8.17. The van der Waals surface area contributed by atoms with Gasteiger partial charge in [0.15, 0.2) is 5.69 Å². The maximum Gasteiger partial charge on any atom is 0.276 e. The largest absolute Gasteiger partial charge is 0.335 e. The second-order valence-corrected chi connectivity index (χ2v) is 6.78. The van der Waals surface area contributed by atoms with E-state index in [1.54, 1.807) is 15.8 Å². The molecule has 1 aliphatic heterocycles. The van der Waals surface area contributed by atoms with Crippen LogP contribution >= 0.6 is 0 Å². The van der Waals surface area contributed by atoms with Gasteiger partial charge in [-0.3, -0.25) is 4.79 Å². The summed E-state index contributed by atoms with van der Waals surface area (Å²) in [4.78, 5) is 14.6. The van der Waals surface area contributed by atoms with Crippen molar-refractivity contribution in [1.29, 1.82) is 0 Å². The Morgan fingerprint density at radius 1 is 1.12 bits per heavy atom. The number of benzene rings is 2. The Balaban J connectivity index is 1.52. The molecule has 4 rings (SSSR count). The predicted molar refractivity (Wildman–Crippen MR) is 99.2 cm³/mol. The van der Waals surface area contributed by atoms with E-state index < -0.39 is 0 Å². The van der Waals surface area contributed by atoms with Crippen LogP contribution < -0.4 is 5.73 Å². The summed E-state index contributed by atoms with van der Waals surface area (Å²) >= 11 is 0. The molecule has 0 radical (unpaired) electrons. The molecule has 132 valence electrons. The average Bonchev–Trinajstić information content (AvgIpc) is 3.29. The quantitative estimate of drug-likeness (QED) is 0.787. The van der Waals surface area contributed by atoms with Crippen LogP contribution in [0.15, 0.2) is 60.8 Å². The first kappa shape index (κ1) is 16.5. The highest BCUT2D eigenvalue weighted by atomic mass is 16.2. The molecular weight excluding hydrogens is 326 g/mol. The van der Waals surface area contributed by atoms with Crippen LogP contribution in [0.25, 0.3) is 5.69 Å². The van der Waals surface area contributed by atoms with E-state index in [0.717, 1.165) is 11.3 Å². The van der Waals surface area contributed by atoms with Crippen molar-refractivity contribution in [2.75, 3.05) is 13.1 Å². The van der Waals surface area contributed by atoms with Crippen molar-refractivity contribution in [2.24, 2.45) is 5.73 Å². The third kappa shape index (κ3) is 3.11. The zero-order chi connectivity index (χ0) is 18.1. The molecule has 2 atom stereocenters. The van der Waals surface area contributed by atoms with Crippen molar-refractivity contribution in [3.8, 4) is 5.69 Å². The summed E-state index contributed by atoms with van der Waals surface area (Å²) in [5.41, 5.74) is 9.81. The van der Waals surface area contributed by atoms with Crippen molar-refractivity contribution < 1.29 is 4.79 Å². The van der Waals surface area contributed by atoms with E-state index in [4.69, 9.17) is 5.73 Å². The average molecular weight is 347 g/mol. The fourth-order valence-electron chi connectivity index (χ4n) is 3.47. The molecule has 0 spiro atoms. The van der Waals surface area contributed by atoms with Gasteiger partial charge in [-0.2, -0.15) is 0 Å². The van der Waals surface area contributed by atoms with Crippen LogP contribution in [-0.4, -0.2) is 44.9 Å². The van der Waals surface area contributed by atoms with E-state index in [-0.39, 0.29) is 17.9 Å². The van der Waals surface area contributed by atoms with E-state index in [9.17, 15) is 4.79 Å². The molecule has 2 N–H and O–H groups in total. The second-order valence-electron chi connectivity index (χ2n) is 6.78. The van der Waals surface area contributed by atoms with Crippen molar-refractivity contribution in [2.45, 2.75) is 18.9 Å². The highest BCUT2D eigenvalue weighted by molar-refractivity contribution is 5.92. The molecule has 1 aliphatic rings. The molecule has 0 aliphatic carbocycles. The Morgan fingerprint density at radius 2 is 1.92 bits per heavy atom. The van der Waals surface area contributed by atoms with E-state index in [2.05, 4.69) is 22.4 Å². The van der Waals surface area contributed by atoms with Crippen LogP contribution in [0.5, 0.6) is 0 Å². The zero-order valence-electron chi connectivity index (χ0n) is 14.6. The standard InChI is InChI=1S/C20H21N5O/c1-14-6-5-9-16(10-14)25-13-19(22-23-25)20(26)24-11-17(18(21)12-24)15-7-3-2-4-8-15/h2-10,13,17-18H,11-12,21H2,1H3/t17-,18+/m0/s1. The SMILES string of the molecule is Cc1cccc(-n2cc(C(=O)N3C[C@@H](N)[C@H](c4ccccc4)C3)nn2)c1. The smallest absolute Gasteiger partial charge is 0.276 e. The molecule has 0 unspecified atom stereocenters. The van der Waals surface area contributed by atoms with Crippen molar-refractivity contribution in [3.63, 3.8) is 0 Å². The first-order valence-corrected chi connectivity index (χ1v) is 8.71. The number of aryl methyl sites for hydroxylation is 1. The third-order valence-corrected chi connectivity index (χ3v) is 4.86. The van der Waals surface area contributed by atoms with E-state index in [0.29, 0.717) is 18.8 Å². The van der Waals surface area contributed by atoms with Gasteiger partial charge in [0.2, 0.25) is 0 Å². The van der Waals surface area contributed by atoms with Gasteiger partial charge in [-0.15, -0.1) is 5.10 Å². The van der Waals surface area contributed by atoms with Gasteiger partial charge in [0.1, 0.15) is 0 Å². The Hall–Kier alpha value is -2.99. The van der Waals surface area contributed by atoms with Crippen molar-refractivity contribution >= 4 is 5.91 Å². The van der Waals surface area contributed by atoms with Gasteiger partial charge in [-0.05, 0) is 30.2 Å². The Labute approximate surface area is 152 Å². The fourth-order valence-corrected chi connectivity index (χ4v) is 3.47. The normalized spacial score (nSPS) is 19.7. The molecule has 6 heteroatoms. The molecule has 26 heavy (non-hydrogen) atoms. The highest BCUT2D eigenvalue weighted by Gasteiger charge is 2.35. The molecule has 2 aromatic carbocycles. The van der Waals surface area contributed by atoms with Gasteiger partial charge in [-0.25, -0.2) is 4.68 Å². The number of aromatic nitrogens is 3. The highest BCUT2D eigenvalue weighted by Crippen LogP contribution is 2.27. The second kappa shape index (κ2) is 6.72. The van der Waals surface area contributed by atoms with Crippen LogP contribution in [-0.2, 0) is 0 Å². The minimum absolute atomic E-state index is 0.0758. The van der Waals surface area contributed by atoms with E-state index >= 15 is 0 Å². The number of hydrogen-bond acceptors (Lipinski definition) is 4. The summed E-state index contributed by atoms with van der Waals surface area (Å²) in [5.74, 6) is 0.0183. The lowest BCUT2D eigenvalue weighted by atomic mass is 9.95. The van der Waals surface area contributed by atoms with Crippen LogP contribution in [0, 0.1) is 6.92 Å². The van der Waals surface area contributed by atoms with Crippen LogP contribution in [0.2, 0.25) is 0 Å². The molecule has 3 aromatic rings. The predicted octanol–water partition coefficient (Wildman–Crippen LogP) is 2.14. The number of nitrogens with two attached hydrogens (primary N) is 1. The maximum absolute atomic E-state index is 12.8. The monoisotopic (exact) mass is 347 g/mol. The van der Waals surface area contributed by atoms with Gasteiger partial charge in [0.25, 0.3) is 5.91 Å². The molecule has 1 saturated heterocycles. The first-order valence-electron chi connectivity index (χ1n) is 8.71. The summed E-state index contributed by atoms with van der Waals surface area (Å²) in [6.45, 7) is 3.14. The van der Waals surface area contributed by atoms with Gasteiger partial charge < -0.3 is 10.6 Å². The summed E-state index contributed by atoms with van der Waals surface area (Å²) in [6, 6.07) is 17.9. The summed E-state index contributed by atoms with van der Waals surface area (Å²) < 4.78 is 1.63.